The zero-order valence-electron chi connectivity index (χ0n) is 7.94. The average molecular weight is 228 g/mol. The zero-order valence-corrected chi connectivity index (χ0v) is 8.70. The Morgan fingerprint density at radius 3 is 2.73 bits per heavy atom. The minimum Gasteiger partial charge on any atom is -0.390 e. The molecule has 1 aromatic carbocycles. The maximum absolute atomic E-state index is 10.7. The summed E-state index contributed by atoms with van der Waals surface area (Å²) in [7, 11) is 0. The highest BCUT2D eigenvalue weighted by Crippen LogP contribution is 2.40. The highest BCUT2D eigenvalue weighted by atomic mass is 35.5. The van der Waals surface area contributed by atoms with E-state index in [1.807, 2.05) is 0 Å². The second kappa shape index (κ2) is 3.47. The number of nitrogens with zero attached hydrogens (tertiary/aromatic N) is 1. The van der Waals surface area contributed by atoms with E-state index in [9.17, 15) is 15.2 Å². The van der Waals surface area contributed by atoms with Crippen LogP contribution >= 0.6 is 11.6 Å². The molecule has 0 saturated heterocycles. The van der Waals surface area contributed by atoms with E-state index >= 15 is 0 Å². The van der Waals surface area contributed by atoms with Crippen molar-refractivity contribution in [3.8, 4) is 0 Å². The SMILES string of the molecule is O=[N+]([O-])c1ccc(Cl)cc1CC1(O)CC1. The number of hydrogen-bond acceptors (Lipinski definition) is 3. The number of aliphatic hydroxyl groups is 1. The Morgan fingerprint density at radius 2 is 2.20 bits per heavy atom. The molecule has 2 rings (SSSR count). The van der Waals surface area contributed by atoms with Crippen LogP contribution in [0.5, 0.6) is 0 Å². The number of nitro groups is 1. The van der Waals surface area contributed by atoms with Crippen LogP contribution in [0.1, 0.15) is 18.4 Å². The van der Waals surface area contributed by atoms with Gasteiger partial charge in [-0.2, -0.15) is 0 Å². The first-order valence-electron chi connectivity index (χ1n) is 4.65. The molecular weight excluding hydrogens is 218 g/mol. The molecule has 1 aliphatic carbocycles. The Kier molecular flexibility index (Phi) is 2.40. The lowest BCUT2D eigenvalue weighted by atomic mass is 10.0. The van der Waals surface area contributed by atoms with Gasteiger partial charge in [-0.1, -0.05) is 11.6 Å². The van der Waals surface area contributed by atoms with Crippen LogP contribution in [-0.4, -0.2) is 15.6 Å². The summed E-state index contributed by atoms with van der Waals surface area (Å²) in [6.07, 6.45) is 1.72. The standard InChI is InChI=1S/C10H10ClNO3/c11-8-1-2-9(12(14)15)7(5-8)6-10(13)3-4-10/h1-2,5,13H,3-4,6H2. The van der Waals surface area contributed by atoms with Gasteiger partial charge in [-0.3, -0.25) is 10.1 Å². The number of nitro benzene ring substituents is 1. The molecule has 0 unspecified atom stereocenters. The summed E-state index contributed by atoms with van der Waals surface area (Å²) in [6.45, 7) is 0. The Morgan fingerprint density at radius 1 is 1.53 bits per heavy atom. The third kappa shape index (κ3) is 2.27. The number of halogens is 1. The molecule has 0 spiro atoms. The third-order valence-electron chi connectivity index (χ3n) is 2.58. The van der Waals surface area contributed by atoms with Crippen LogP contribution in [0.15, 0.2) is 18.2 Å². The summed E-state index contributed by atoms with van der Waals surface area (Å²) in [6, 6.07) is 4.42. The lowest BCUT2D eigenvalue weighted by Crippen LogP contribution is -2.12. The van der Waals surface area contributed by atoms with E-state index in [1.54, 1.807) is 6.07 Å². The van der Waals surface area contributed by atoms with Gasteiger partial charge in [0.2, 0.25) is 0 Å². The van der Waals surface area contributed by atoms with Crippen molar-refractivity contribution in [3.05, 3.63) is 38.9 Å². The van der Waals surface area contributed by atoms with Gasteiger partial charge in [-0.15, -0.1) is 0 Å². The van der Waals surface area contributed by atoms with Crippen molar-refractivity contribution >= 4 is 17.3 Å². The Bertz CT molecular complexity index is 415. The van der Waals surface area contributed by atoms with Crippen LogP contribution in [-0.2, 0) is 6.42 Å². The van der Waals surface area contributed by atoms with E-state index in [4.69, 9.17) is 11.6 Å². The molecule has 0 bridgehead atoms. The molecule has 15 heavy (non-hydrogen) atoms. The first-order valence-corrected chi connectivity index (χ1v) is 5.03. The number of hydrogen-bond donors (Lipinski definition) is 1. The van der Waals surface area contributed by atoms with Crippen LogP contribution in [0.4, 0.5) is 5.69 Å². The van der Waals surface area contributed by atoms with Crippen LogP contribution in [0.25, 0.3) is 0 Å². The van der Waals surface area contributed by atoms with Crippen molar-refractivity contribution in [2.45, 2.75) is 24.9 Å². The Hall–Kier alpha value is -1.13. The van der Waals surface area contributed by atoms with Crippen LogP contribution in [0.3, 0.4) is 0 Å². The van der Waals surface area contributed by atoms with E-state index in [2.05, 4.69) is 0 Å². The fourth-order valence-corrected chi connectivity index (χ4v) is 1.74. The van der Waals surface area contributed by atoms with Gasteiger partial charge in [0.15, 0.2) is 0 Å². The minimum absolute atomic E-state index is 0.0275. The van der Waals surface area contributed by atoms with Crippen molar-refractivity contribution in [3.63, 3.8) is 0 Å². The molecule has 0 heterocycles. The van der Waals surface area contributed by atoms with Gasteiger partial charge in [0.05, 0.1) is 10.5 Å². The molecule has 1 saturated carbocycles. The highest BCUT2D eigenvalue weighted by molar-refractivity contribution is 6.30. The summed E-state index contributed by atoms with van der Waals surface area (Å²) < 4.78 is 0. The van der Waals surface area contributed by atoms with Gasteiger partial charge in [0.25, 0.3) is 5.69 Å². The molecule has 0 atom stereocenters. The summed E-state index contributed by atoms with van der Waals surface area (Å²) in [5.41, 5.74) is -0.206. The Labute approximate surface area is 91.6 Å². The minimum atomic E-state index is -0.741. The van der Waals surface area contributed by atoms with Crippen LogP contribution < -0.4 is 0 Å². The maximum Gasteiger partial charge on any atom is 0.272 e. The monoisotopic (exact) mass is 227 g/mol. The van der Waals surface area contributed by atoms with Gasteiger partial charge in [0, 0.05) is 23.1 Å². The lowest BCUT2D eigenvalue weighted by Gasteiger charge is -2.08. The fraction of sp³-hybridized carbons (Fsp3) is 0.400. The third-order valence-corrected chi connectivity index (χ3v) is 2.82. The van der Waals surface area contributed by atoms with E-state index in [-0.39, 0.29) is 5.69 Å². The highest BCUT2D eigenvalue weighted by Gasteiger charge is 2.41. The first-order chi connectivity index (χ1) is 7.00. The summed E-state index contributed by atoms with van der Waals surface area (Å²) in [5, 5.41) is 20.9. The van der Waals surface area contributed by atoms with Gasteiger partial charge in [-0.05, 0) is 25.0 Å². The largest absolute Gasteiger partial charge is 0.390 e. The number of benzene rings is 1. The molecular formula is C10H10ClNO3. The van der Waals surface area contributed by atoms with Crippen LogP contribution in [0, 0.1) is 10.1 Å². The molecule has 0 amide bonds. The lowest BCUT2D eigenvalue weighted by molar-refractivity contribution is -0.385. The molecule has 1 aliphatic rings. The molecule has 80 valence electrons. The summed E-state index contributed by atoms with van der Waals surface area (Å²) in [5.74, 6) is 0. The quantitative estimate of drug-likeness (QED) is 0.637. The second-order valence-corrected chi connectivity index (χ2v) is 4.37. The fourth-order valence-electron chi connectivity index (χ4n) is 1.55. The van der Waals surface area contributed by atoms with Crippen molar-refractivity contribution in [1.29, 1.82) is 0 Å². The normalized spacial score (nSPS) is 17.5. The van der Waals surface area contributed by atoms with Gasteiger partial charge >= 0.3 is 0 Å². The predicted octanol–water partition coefficient (Wildman–Crippen LogP) is 2.32. The second-order valence-electron chi connectivity index (χ2n) is 3.93. The van der Waals surface area contributed by atoms with Crippen molar-refractivity contribution in [1.82, 2.24) is 0 Å². The molecule has 1 N–H and O–H groups in total. The molecule has 5 heteroatoms. The smallest absolute Gasteiger partial charge is 0.272 e. The molecule has 1 aromatic rings. The van der Waals surface area contributed by atoms with E-state index in [0.29, 0.717) is 29.8 Å². The maximum atomic E-state index is 10.7. The molecule has 0 aliphatic heterocycles. The molecule has 1 fully saturated rings. The Balaban J connectivity index is 2.34. The molecule has 0 radical (unpaired) electrons. The van der Waals surface area contributed by atoms with Gasteiger partial charge in [0.1, 0.15) is 0 Å². The van der Waals surface area contributed by atoms with Crippen LogP contribution in [0.2, 0.25) is 5.02 Å². The van der Waals surface area contributed by atoms with Crippen molar-refractivity contribution in [2.75, 3.05) is 0 Å². The average Bonchev–Trinajstić information content (AvgIpc) is 2.82. The van der Waals surface area contributed by atoms with Crippen molar-refractivity contribution < 1.29 is 10.0 Å². The predicted molar refractivity (Wildman–Crippen MR) is 56.0 cm³/mol. The summed E-state index contributed by atoms with van der Waals surface area (Å²) in [4.78, 5) is 10.3. The van der Waals surface area contributed by atoms with E-state index in [1.165, 1.54) is 12.1 Å². The zero-order chi connectivity index (χ0) is 11.1. The van der Waals surface area contributed by atoms with Crippen molar-refractivity contribution in [2.24, 2.45) is 0 Å². The van der Waals surface area contributed by atoms with E-state index < -0.39 is 10.5 Å². The molecule has 4 nitrogen and oxygen atoms in total. The summed E-state index contributed by atoms with van der Waals surface area (Å²) >= 11 is 5.77. The number of rotatable bonds is 3. The van der Waals surface area contributed by atoms with E-state index in [0.717, 1.165) is 0 Å². The first kappa shape index (κ1) is 10.4. The topological polar surface area (TPSA) is 63.4 Å². The van der Waals surface area contributed by atoms with Gasteiger partial charge in [-0.25, -0.2) is 0 Å². The van der Waals surface area contributed by atoms with Gasteiger partial charge < -0.3 is 5.11 Å². The molecule has 0 aromatic heterocycles.